The van der Waals surface area contributed by atoms with Crippen molar-refractivity contribution >= 4 is 29.9 Å². The zero-order valence-electron chi connectivity index (χ0n) is 9.58. The molecule has 0 bridgehead atoms. The fourth-order valence-electron chi connectivity index (χ4n) is 1.19. The molecule has 1 rings (SSSR count). The first-order valence-corrected chi connectivity index (χ1v) is 6.57. The van der Waals surface area contributed by atoms with Crippen molar-refractivity contribution in [3.05, 3.63) is 15.6 Å². The molecule has 1 aromatic rings. The van der Waals surface area contributed by atoms with Gasteiger partial charge in [0.05, 0.1) is 18.4 Å². The molecule has 0 saturated carbocycles. The van der Waals surface area contributed by atoms with Gasteiger partial charge < -0.3 is 14.9 Å². The van der Waals surface area contributed by atoms with Crippen LogP contribution in [-0.2, 0) is 4.74 Å². The molecule has 0 radical (unpaired) electrons. The quantitative estimate of drug-likeness (QED) is 0.551. The summed E-state index contributed by atoms with van der Waals surface area (Å²) >= 11 is 4.92. The molecule has 0 fully saturated rings. The van der Waals surface area contributed by atoms with E-state index in [1.54, 1.807) is 13.8 Å². The molecule has 2 N–H and O–H groups in total. The van der Waals surface area contributed by atoms with Crippen LogP contribution in [0.2, 0.25) is 0 Å². The first kappa shape index (κ1) is 14.4. The number of rotatable bonds is 5. The van der Waals surface area contributed by atoms with Crippen molar-refractivity contribution in [3.8, 4) is 0 Å². The lowest BCUT2D eigenvalue weighted by atomic mass is 10.2. The Labute approximate surface area is 109 Å². The Bertz CT molecular complexity index is 394. The molecule has 0 aliphatic carbocycles. The van der Waals surface area contributed by atoms with Crippen molar-refractivity contribution in [2.45, 2.75) is 26.1 Å². The van der Waals surface area contributed by atoms with Gasteiger partial charge in [0.15, 0.2) is 0 Å². The summed E-state index contributed by atoms with van der Waals surface area (Å²) in [6, 6.07) is 0. The van der Waals surface area contributed by atoms with Gasteiger partial charge in [-0.25, -0.2) is 9.78 Å². The highest BCUT2D eigenvalue weighted by molar-refractivity contribution is 7.80. The van der Waals surface area contributed by atoms with Gasteiger partial charge in [0.2, 0.25) is 0 Å². The minimum atomic E-state index is -1.13. The largest absolute Gasteiger partial charge is 0.462 e. The molecule has 0 aliphatic rings. The summed E-state index contributed by atoms with van der Waals surface area (Å²) in [5.74, 6) is -0.338. The highest BCUT2D eigenvalue weighted by Crippen LogP contribution is 2.26. The predicted octanol–water partition coefficient (Wildman–Crippen LogP) is 0.952. The van der Waals surface area contributed by atoms with Crippen molar-refractivity contribution in [1.82, 2.24) is 4.98 Å². The number of aliphatic hydroxyl groups excluding tert-OH is 2. The van der Waals surface area contributed by atoms with Crippen LogP contribution in [0.4, 0.5) is 0 Å². The standard InChI is InChI=1S/C10H15NO4S2/c1-3-15-10(14)8-5(2)11-9(17-8)7(13)6(12)4-16/h6-7,12-13,16H,3-4H2,1-2H3. The topological polar surface area (TPSA) is 79.7 Å². The van der Waals surface area contributed by atoms with Crippen LogP contribution < -0.4 is 0 Å². The number of ether oxygens (including phenoxy) is 1. The summed E-state index contributed by atoms with van der Waals surface area (Å²) in [5.41, 5.74) is 0.494. The highest BCUT2D eigenvalue weighted by Gasteiger charge is 2.24. The first-order chi connectivity index (χ1) is 8.01. The maximum Gasteiger partial charge on any atom is 0.350 e. The van der Waals surface area contributed by atoms with E-state index in [0.29, 0.717) is 15.6 Å². The first-order valence-electron chi connectivity index (χ1n) is 5.12. The van der Waals surface area contributed by atoms with E-state index in [-0.39, 0.29) is 12.4 Å². The molecule has 0 spiro atoms. The van der Waals surface area contributed by atoms with Gasteiger partial charge in [-0.05, 0) is 13.8 Å². The molecule has 1 heterocycles. The van der Waals surface area contributed by atoms with Crippen LogP contribution in [0.5, 0.6) is 0 Å². The van der Waals surface area contributed by atoms with E-state index >= 15 is 0 Å². The van der Waals surface area contributed by atoms with Gasteiger partial charge in [0.25, 0.3) is 0 Å². The van der Waals surface area contributed by atoms with Crippen molar-refractivity contribution in [2.24, 2.45) is 0 Å². The lowest BCUT2D eigenvalue weighted by Gasteiger charge is -2.12. The van der Waals surface area contributed by atoms with E-state index in [1.807, 2.05) is 0 Å². The number of aromatic nitrogens is 1. The van der Waals surface area contributed by atoms with E-state index in [1.165, 1.54) is 0 Å². The summed E-state index contributed by atoms with van der Waals surface area (Å²) in [6.45, 7) is 3.66. The number of carbonyl (C=O) groups excluding carboxylic acids is 1. The molecule has 1 aromatic heterocycles. The molecular formula is C10H15NO4S2. The molecule has 17 heavy (non-hydrogen) atoms. The second-order valence-electron chi connectivity index (χ2n) is 3.38. The fourth-order valence-corrected chi connectivity index (χ4v) is 2.40. The van der Waals surface area contributed by atoms with Crippen molar-refractivity contribution in [3.63, 3.8) is 0 Å². The normalized spacial score (nSPS) is 14.4. The number of hydrogen-bond acceptors (Lipinski definition) is 7. The van der Waals surface area contributed by atoms with Crippen LogP contribution >= 0.6 is 24.0 Å². The second-order valence-corrected chi connectivity index (χ2v) is 4.78. The number of esters is 1. The molecule has 0 aromatic carbocycles. The van der Waals surface area contributed by atoms with Crippen LogP contribution in [0.1, 0.15) is 33.4 Å². The summed E-state index contributed by atoms with van der Waals surface area (Å²) in [4.78, 5) is 15.9. The van der Waals surface area contributed by atoms with E-state index in [4.69, 9.17) is 4.74 Å². The molecule has 2 atom stereocenters. The molecule has 5 nitrogen and oxygen atoms in total. The number of hydrogen-bond donors (Lipinski definition) is 3. The third kappa shape index (κ3) is 3.41. The number of thiazole rings is 1. The number of aryl methyl sites for hydroxylation is 1. The third-order valence-electron chi connectivity index (χ3n) is 2.08. The van der Waals surface area contributed by atoms with Gasteiger partial charge in [0, 0.05) is 5.75 Å². The zero-order chi connectivity index (χ0) is 13.0. The Morgan fingerprint density at radius 3 is 2.76 bits per heavy atom. The average Bonchev–Trinajstić information content (AvgIpc) is 2.69. The lowest BCUT2D eigenvalue weighted by Crippen LogP contribution is -2.19. The second kappa shape index (κ2) is 6.34. The minimum Gasteiger partial charge on any atom is -0.462 e. The molecule has 0 amide bonds. The van der Waals surface area contributed by atoms with Gasteiger partial charge in [-0.1, -0.05) is 0 Å². The summed E-state index contributed by atoms with van der Waals surface area (Å²) in [7, 11) is 0. The maximum atomic E-state index is 11.5. The maximum absolute atomic E-state index is 11.5. The van der Waals surface area contributed by atoms with Crippen molar-refractivity contribution in [1.29, 1.82) is 0 Å². The molecule has 7 heteroatoms. The SMILES string of the molecule is CCOC(=O)c1sc(C(O)C(O)CS)nc1C. The lowest BCUT2D eigenvalue weighted by molar-refractivity contribution is 0.0335. The average molecular weight is 277 g/mol. The molecular weight excluding hydrogens is 262 g/mol. The fraction of sp³-hybridized carbons (Fsp3) is 0.600. The van der Waals surface area contributed by atoms with Gasteiger partial charge in [-0.15, -0.1) is 11.3 Å². The smallest absolute Gasteiger partial charge is 0.350 e. The van der Waals surface area contributed by atoms with Crippen LogP contribution in [0.3, 0.4) is 0 Å². The number of aliphatic hydroxyl groups is 2. The number of thiol groups is 1. The summed E-state index contributed by atoms with van der Waals surface area (Å²) in [6.07, 6.45) is -2.13. The molecule has 0 saturated heterocycles. The third-order valence-corrected chi connectivity index (χ3v) is 3.66. The van der Waals surface area contributed by atoms with E-state index in [9.17, 15) is 15.0 Å². The van der Waals surface area contributed by atoms with Crippen LogP contribution in [0, 0.1) is 6.92 Å². The predicted molar refractivity (Wildman–Crippen MR) is 67.6 cm³/mol. The van der Waals surface area contributed by atoms with Crippen LogP contribution in [-0.4, -0.2) is 39.6 Å². The van der Waals surface area contributed by atoms with E-state index in [0.717, 1.165) is 11.3 Å². The molecule has 96 valence electrons. The molecule has 0 aliphatic heterocycles. The van der Waals surface area contributed by atoms with Crippen LogP contribution in [0.15, 0.2) is 0 Å². The van der Waals surface area contributed by atoms with E-state index < -0.39 is 18.2 Å². The van der Waals surface area contributed by atoms with Crippen LogP contribution in [0.25, 0.3) is 0 Å². The summed E-state index contributed by atoms with van der Waals surface area (Å²) in [5, 5.41) is 19.5. The number of nitrogens with zero attached hydrogens (tertiary/aromatic N) is 1. The Kier molecular flexibility index (Phi) is 5.38. The Balaban J connectivity index is 2.91. The van der Waals surface area contributed by atoms with E-state index in [2.05, 4.69) is 17.6 Å². The Hall–Kier alpha value is -0.630. The molecule has 2 unspecified atom stereocenters. The Morgan fingerprint density at radius 2 is 2.24 bits per heavy atom. The highest BCUT2D eigenvalue weighted by atomic mass is 32.1. The van der Waals surface area contributed by atoms with Gasteiger partial charge >= 0.3 is 5.97 Å². The van der Waals surface area contributed by atoms with Crippen molar-refractivity contribution < 1.29 is 19.7 Å². The van der Waals surface area contributed by atoms with Gasteiger partial charge in [-0.2, -0.15) is 12.6 Å². The number of carbonyl (C=O) groups is 1. The monoisotopic (exact) mass is 277 g/mol. The van der Waals surface area contributed by atoms with Gasteiger partial charge in [0.1, 0.15) is 16.0 Å². The zero-order valence-corrected chi connectivity index (χ0v) is 11.3. The van der Waals surface area contributed by atoms with Crippen molar-refractivity contribution in [2.75, 3.05) is 12.4 Å². The van der Waals surface area contributed by atoms with Gasteiger partial charge in [-0.3, -0.25) is 0 Å². The summed E-state index contributed by atoms with van der Waals surface area (Å²) < 4.78 is 4.86. The minimum absolute atomic E-state index is 0.120. The Morgan fingerprint density at radius 1 is 1.59 bits per heavy atom.